The van der Waals surface area contributed by atoms with Gasteiger partial charge in [-0.2, -0.15) is 0 Å². The minimum absolute atomic E-state index is 0.0653. The number of nitrogens with one attached hydrogen (secondary N) is 1. The summed E-state index contributed by atoms with van der Waals surface area (Å²) in [5.74, 6) is 0.411. The summed E-state index contributed by atoms with van der Waals surface area (Å²) in [6.45, 7) is 5.56. The Kier molecular flexibility index (Phi) is 7.63. The number of hydrogen-bond donors (Lipinski definition) is 1. The lowest BCUT2D eigenvalue weighted by Crippen LogP contribution is -2.53. The monoisotopic (exact) mass is 525 g/mol. The second kappa shape index (κ2) is 11.4. The molecule has 4 aromatic rings. The molecule has 1 atom stereocenters. The first kappa shape index (κ1) is 26.0. The molecule has 1 aliphatic heterocycles. The summed E-state index contributed by atoms with van der Waals surface area (Å²) < 4.78 is 13.5. The maximum Gasteiger partial charge on any atom is 0.331 e. The molecule has 0 unspecified atom stereocenters. The lowest BCUT2D eigenvalue weighted by atomic mass is 9.98. The Morgan fingerprint density at radius 2 is 1.82 bits per heavy atom. The molecule has 1 N–H and O–H groups in total. The van der Waals surface area contributed by atoms with Gasteiger partial charge in [-0.3, -0.25) is 19.8 Å². The molecule has 200 valence electrons. The second-order valence-corrected chi connectivity index (χ2v) is 9.63. The van der Waals surface area contributed by atoms with Crippen molar-refractivity contribution in [3.8, 4) is 5.75 Å². The molecule has 0 spiro atoms. The molecule has 5 rings (SSSR count). The van der Waals surface area contributed by atoms with E-state index in [9.17, 15) is 14.4 Å². The number of carbonyl (C=O) groups excluding carboxylic acids is 3. The molecule has 1 fully saturated rings. The third kappa shape index (κ3) is 5.50. The van der Waals surface area contributed by atoms with Crippen LogP contribution in [0, 0.1) is 0 Å². The highest BCUT2D eigenvalue weighted by atomic mass is 16.5. The Morgan fingerprint density at radius 1 is 1.03 bits per heavy atom. The van der Waals surface area contributed by atoms with Gasteiger partial charge >= 0.3 is 6.03 Å². The van der Waals surface area contributed by atoms with Crippen LogP contribution in [-0.4, -0.2) is 33.9 Å². The minimum Gasteiger partial charge on any atom is -0.493 e. The SMILES string of the molecule is CC[C@@H](C)c1ccccc1OCCCn1cc(/C=C2\C(=O)NC(=O)N(Cc3ccco3)C2=O)c2ccccc21. The van der Waals surface area contributed by atoms with Crippen LogP contribution in [0.2, 0.25) is 0 Å². The molecule has 4 amide bonds. The Morgan fingerprint density at radius 3 is 2.62 bits per heavy atom. The lowest BCUT2D eigenvalue weighted by molar-refractivity contribution is -0.130. The number of barbiturate groups is 1. The normalized spacial score (nSPS) is 15.7. The summed E-state index contributed by atoms with van der Waals surface area (Å²) in [6, 6.07) is 18.6. The van der Waals surface area contributed by atoms with Crippen LogP contribution in [0.25, 0.3) is 17.0 Å². The number of aromatic nitrogens is 1. The van der Waals surface area contributed by atoms with Crippen molar-refractivity contribution in [2.45, 2.75) is 45.7 Å². The number of ether oxygens (including phenoxy) is 1. The molecule has 0 aliphatic carbocycles. The minimum atomic E-state index is -0.768. The summed E-state index contributed by atoms with van der Waals surface area (Å²) in [4.78, 5) is 39.2. The standard InChI is InChI=1S/C31H31N3O5/c1-3-21(2)24-11-5-7-14-28(24)39-17-9-15-33-19-22(25-12-4-6-13-27(25)33)18-26-29(35)32-31(37)34(30(26)36)20-23-10-8-16-38-23/h4-8,10-14,16,18-19,21H,3,9,15,17,20H2,1-2H3,(H,32,35,37)/b26-18+/t21-/m1/s1. The maximum absolute atomic E-state index is 13.2. The highest BCUT2D eigenvalue weighted by Crippen LogP contribution is 2.29. The Hall–Kier alpha value is -4.59. The van der Waals surface area contributed by atoms with Crippen molar-refractivity contribution in [2.75, 3.05) is 6.61 Å². The molecular formula is C31H31N3O5. The van der Waals surface area contributed by atoms with E-state index in [4.69, 9.17) is 9.15 Å². The number of benzene rings is 2. The first-order valence-electron chi connectivity index (χ1n) is 13.2. The summed E-state index contributed by atoms with van der Waals surface area (Å²) in [6.07, 6.45) is 6.77. The van der Waals surface area contributed by atoms with Crippen LogP contribution in [0.1, 0.15) is 49.5 Å². The van der Waals surface area contributed by atoms with E-state index >= 15 is 0 Å². The Bertz CT molecular complexity index is 1530. The van der Waals surface area contributed by atoms with Crippen LogP contribution in [0.3, 0.4) is 0 Å². The van der Waals surface area contributed by atoms with Gasteiger partial charge in [0.15, 0.2) is 0 Å². The molecule has 0 radical (unpaired) electrons. The van der Waals surface area contributed by atoms with E-state index in [1.807, 2.05) is 48.7 Å². The predicted molar refractivity (Wildman–Crippen MR) is 148 cm³/mol. The number of para-hydroxylation sites is 2. The van der Waals surface area contributed by atoms with Crippen LogP contribution in [-0.2, 0) is 22.7 Å². The topological polar surface area (TPSA) is 93.8 Å². The van der Waals surface area contributed by atoms with Gasteiger partial charge in [0.1, 0.15) is 17.1 Å². The van der Waals surface area contributed by atoms with Gasteiger partial charge in [0.2, 0.25) is 0 Å². The molecule has 0 bridgehead atoms. The molecule has 8 nitrogen and oxygen atoms in total. The highest BCUT2D eigenvalue weighted by Gasteiger charge is 2.36. The molecule has 0 saturated carbocycles. The van der Waals surface area contributed by atoms with Gasteiger partial charge in [-0.1, -0.05) is 50.2 Å². The third-order valence-electron chi connectivity index (χ3n) is 7.06. The molecule has 8 heteroatoms. The molecular weight excluding hydrogens is 494 g/mol. The molecule has 3 heterocycles. The first-order chi connectivity index (χ1) is 19.0. The molecule has 39 heavy (non-hydrogen) atoms. The fourth-order valence-electron chi connectivity index (χ4n) is 4.78. The molecule has 2 aromatic heterocycles. The zero-order chi connectivity index (χ0) is 27.4. The number of rotatable bonds is 10. The van der Waals surface area contributed by atoms with Crippen LogP contribution >= 0.6 is 0 Å². The number of aryl methyl sites for hydroxylation is 1. The molecule has 2 aromatic carbocycles. The van der Waals surface area contributed by atoms with Gasteiger partial charge in [-0.05, 0) is 54.7 Å². The van der Waals surface area contributed by atoms with Gasteiger partial charge in [-0.15, -0.1) is 0 Å². The van der Waals surface area contributed by atoms with Crippen LogP contribution < -0.4 is 10.1 Å². The van der Waals surface area contributed by atoms with Crippen molar-refractivity contribution >= 4 is 34.8 Å². The smallest absolute Gasteiger partial charge is 0.331 e. The molecule has 1 aliphatic rings. The van der Waals surface area contributed by atoms with Gasteiger partial charge in [0, 0.05) is 29.2 Å². The van der Waals surface area contributed by atoms with E-state index in [1.54, 1.807) is 18.2 Å². The van der Waals surface area contributed by atoms with Gasteiger partial charge in [0.25, 0.3) is 11.8 Å². The van der Waals surface area contributed by atoms with E-state index in [0.717, 1.165) is 40.0 Å². The number of amides is 4. The Labute approximate surface area is 226 Å². The average Bonchev–Trinajstić information content (AvgIpc) is 3.59. The van der Waals surface area contributed by atoms with Crippen molar-refractivity contribution in [3.63, 3.8) is 0 Å². The zero-order valence-corrected chi connectivity index (χ0v) is 22.1. The maximum atomic E-state index is 13.2. The zero-order valence-electron chi connectivity index (χ0n) is 22.1. The number of nitrogens with zero attached hydrogens (tertiary/aromatic N) is 2. The number of hydrogen-bond acceptors (Lipinski definition) is 5. The van der Waals surface area contributed by atoms with Gasteiger partial charge in [0.05, 0.1) is 19.4 Å². The number of fused-ring (bicyclic) bond motifs is 1. The van der Waals surface area contributed by atoms with E-state index in [2.05, 4.69) is 29.8 Å². The highest BCUT2D eigenvalue weighted by molar-refractivity contribution is 6.31. The summed E-state index contributed by atoms with van der Waals surface area (Å²) in [5.41, 5.74) is 2.82. The quantitative estimate of drug-likeness (QED) is 0.159. The number of carbonyl (C=O) groups is 3. The van der Waals surface area contributed by atoms with Crippen molar-refractivity contribution in [2.24, 2.45) is 0 Å². The largest absolute Gasteiger partial charge is 0.493 e. The van der Waals surface area contributed by atoms with E-state index in [0.29, 0.717) is 24.8 Å². The fraction of sp³-hybridized carbons (Fsp3) is 0.258. The Balaban J connectivity index is 1.34. The summed E-state index contributed by atoms with van der Waals surface area (Å²) in [7, 11) is 0. The van der Waals surface area contributed by atoms with Crippen molar-refractivity contribution in [1.82, 2.24) is 14.8 Å². The fourth-order valence-corrected chi connectivity index (χ4v) is 4.78. The van der Waals surface area contributed by atoms with E-state index in [-0.39, 0.29) is 12.1 Å². The first-order valence-corrected chi connectivity index (χ1v) is 13.2. The summed E-state index contributed by atoms with van der Waals surface area (Å²) in [5, 5.41) is 3.17. The second-order valence-electron chi connectivity index (χ2n) is 9.63. The summed E-state index contributed by atoms with van der Waals surface area (Å²) >= 11 is 0. The van der Waals surface area contributed by atoms with Crippen LogP contribution in [0.5, 0.6) is 5.75 Å². The van der Waals surface area contributed by atoms with E-state index in [1.165, 1.54) is 11.8 Å². The van der Waals surface area contributed by atoms with Gasteiger partial charge < -0.3 is 13.7 Å². The van der Waals surface area contributed by atoms with Crippen molar-refractivity contribution in [3.05, 3.63) is 95.6 Å². The predicted octanol–water partition coefficient (Wildman–Crippen LogP) is 5.88. The third-order valence-corrected chi connectivity index (χ3v) is 7.06. The number of urea groups is 1. The van der Waals surface area contributed by atoms with Gasteiger partial charge in [-0.25, -0.2) is 4.79 Å². The average molecular weight is 526 g/mol. The number of furan rings is 1. The lowest BCUT2D eigenvalue weighted by Gasteiger charge is -2.25. The number of imide groups is 2. The molecule has 1 saturated heterocycles. The van der Waals surface area contributed by atoms with E-state index < -0.39 is 17.8 Å². The van der Waals surface area contributed by atoms with Crippen molar-refractivity contribution in [1.29, 1.82) is 0 Å². The van der Waals surface area contributed by atoms with Crippen LogP contribution in [0.15, 0.2) is 83.1 Å². The van der Waals surface area contributed by atoms with Crippen LogP contribution in [0.4, 0.5) is 4.79 Å². The van der Waals surface area contributed by atoms with Crippen molar-refractivity contribution < 1.29 is 23.5 Å².